The number of methoxy groups -OCH3 is 1. The van der Waals surface area contributed by atoms with Crippen molar-refractivity contribution in [3.8, 4) is 0 Å². The van der Waals surface area contributed by atoms with Crippen LogP contribution in [-0.4, -0.2) is 55.5 Å². The van der Waals surface area contributed by atoms with E-state index in [2.05, 4.69) is 5.32 Å². The summed E-state index contributed by atoms with van der Waals surface area (Å²) in [4.78, 5) is 24.6. The molecule has 0 aliphatic carbocycles. The number of amides is 2. The van der Waals surface area contributed by atoms with Crippen LogP contribution in [0.1, 0.15) is 19.8 Å². The molecule has 2 amide bonds. The van der Waals surface area contributed by atoms with E-state index in [1.165, 1.54) is 14.2 Å². The van der Waals surface area contributed by atoms with Gasteiger partial charge in [-0.05, 0) is 12.8 Å². The molecule has 0 aromatic heterocycles. The Morgan fingerprint density at radius 3 is 2.56 bits per heavy atom. The Hall–Kier alpha value is -1.24. The lowest BCUT2D eigenvalue weighted by Gasteiger charge is -2.37. The van der Waals surface area contributed by atoms with E-state index in [0.717, 1.165) is 4.90 Å². The highest BCUT2D eigenvalue weighted by atomic mass is 19.3. The minimum Gasteiger partial charge on any atom is -0.382 e. The quantitative estimate of drug-likeness (QED) is 0.799. The summed E-state index contributed by atoms with van der Waals surface area (Å²) in [5.74, 6) is -5.29. The molecule has 0 radical (unpaired) electrons. The van der Waals surface area contributed by atoms with Crippen LogP contribution in [0.25, 0.3) is 0 Å². The molecule has 1 rings (SSSR count). The number of likely N-dealkylation sites (N-methyl/N-ethyl adjacent to an activating group) is 1. The predicted octanol–water partition coefficient (Wildman–Crippen LogP) is 0.395. The highest BCUT2D eigenvalue weighted by molar-refractivity contribution is 5.94. The zero-order valence-corrected chi connectivity index (χ0v) is 10.8. The van der Waals surface area contributed by atoms with E-state index in [9.17, 15) is 18.4 Å². The van der Waals surface area contributed by atoms with Crippen molar-refractivity contribution in [2.45, 2.75) is 31.2 Å². The van der Waals surface area contributed by atoms with Gasteiger partial charge in [-0.25, -0.2) is 0 Å². The summed E-state index contributed by atoms with van der Waals surface area (Å²) in [6.45, 7) is 0.586. The number of ether oxygens (including phenoxy) is 1. The molecule has 1 fully saturated rings. The number of halogens is 2. The number of rotatable bonds is 4. The van der Waals surface area contributed by atoms with E-state index in [1.807, 2.05) is 0 Å². The Morgan fingerprint density at radius 1 is 1.50 bits per heavy atom. The summed E-state index contributed by atoms with van der Waals surface area (Å²) in [5.41, 5.74) is -1.32. The zero-order valence-electron chi connectivity index (χ0n) is 10.8. The number of carbonyl (C=O) groups excluding carboxylic acids is 2. The van der Waals surface area contributed by atoms with Gasteiger partial charge in [-0.3, -0.25) is 9.59 Å². The molecule has 0 spiro atoms. The molecular weight excluding hydrogens is 246 g/mol. The van der Waals surface area contributed by atoms with Crippen molar-refractivity contribution in [1.82, 2.24) is 10.2 Å². The highest BCUT2D eigenvalue weighted by Crippen LogP contribution is 2.33. The third-order valence-corrected chi connectivity index (χ3v) is 3.14. The fourth-order valence-electron chi connectivity index (χ4n) is 2.33. The van der Waals surface area contributed by atoms with E-state index in [0.29, 0.717) is 19.8 Å². The number of likely N-dealkylation sites (tertiary alicyclic amines) is 1. The predicted molar refractivity (Wildman–Crippen MR) is 60.2 cm³/mol. The number of nitrogens with zero attached hydrogens (tertiary/aromatic N) is 1. The van der Waals surface area contributed by atoms with Crippen LogP contribution in [0, 0.1) is 0 Å². The first-order valence-electron chi connectivity index (χ1n) is 5.70. The number of hydrogen-bond donors (Lipinski definition) is 1. The second kappa shape index (κ2) is 5.17. The maximum Gasteiger partial charge on any atom is 0.322 e. The Bertz CT molecular complexity index is 344. The maximum atomic E-state index is 13.2. The van der Waals surface area contributed by atoms with Crippen LogP contribution >= 0.6 is 0 Å². The molecule has 0 bridgehead atoms. The first-order chi connectivity index (χ1) is 8.29. The monoisotopic (exact) mass is 264 g/mol. The lowest BCUT2D eigenvalue weighted by molar-refractivity contribution is -0.165. The Kier molecular flexibility index (Phi) is 4.26. The molecule has 1 saturated heterocycles. The van der Waals surface area contributed by atoms with Crippen LogP contribution in [0.5, 0.6) is 0 Å². The molecular formula is C11H18F2N2O3. The Morgan fingerprint density at radius 2 is 2.11 bits per heavy atom. The molecule has 1 unspecified atom stereocenters. The minimum absolute atomic E-state index is 0.0888. The lowest BCUT2D eigenvalue weighted by Crippen LogP contribution is -2.61. The molecule has 18 heavy (non-hydrogen) atoms. The van der Waals surface area contributed by atoms with Crippen molar-refractivity contribution in [3.05, 3.63) is 0 Å². The second-order valence-corrected chi connectivity index (χ2v) is 4.49. The third-order valence-electron chi connectivity index (χ3n) is 3.14. The van der Waals surface area contributed by atoms with E-state index in [-0.39, 0.29) is 13.2 Å². The maximum absolute atomic E-state index is 13.2. The van der Waals surface area contributed by atoms with Crippen LogP contribution in [0.15, 0.2) is 0 Å². The van der Waals surface area contributed by atoms with Crippen LogP contribution in [-0.2, 0) is 14.3 Å². The number of nitrogens with one attached hydrogen (secondary N) is 1. The van der Waals surface area contributed by atoms with Crippen LogP contribution in [0.3, 0.4) is 0 Å². The van der Waals surface area contributed by atoms with Crippen LogP contribution < -0.4 is 5.32 Å². The van der Waals surface area contributed by atoms with Gasteiger partial charge in [0.15, 0.2) is 0 Å². The second-order valence-electron chi connectivity index (χ2n) is 4.49. The summed E-state index contributed by atoms with van der Waals surface area (Å²) in [6, 6.07) is 0. The van der Waals surface area contributed by atoms with Crippen molar-refractivity contribution >= 4 is 11.8 Å². The molecule has 0 saturated carbocycles. The van der Waals surface area contributed by atoms with Crippen molar-refractivity contribution in [3.63, 3.8) is 0 Å². The van der Waals surface area contributed by atoms with Gasteiger partial charge in [-0.2, -0.15) is 8.78 Å². The summed E-state index contributed by atoms with van der Waals surface area (Å²) in [7, 11) is 2.78. The van der Waals surface area contributed by atoms with Gasteiger partial charge in [0.1, 0.15) is 5.54 Å². The molecule has 1 atom stereocenters. The molecule has 1 heterocycles. The molecule has 0 aromatic carbocycles. The fraction of sp³-hybridized carbons (Fsp3) is 0.818. The molecule has 1 aliphatic heterocycles. The molecule has 1 N–H and O–H groups in total. The topological polar surface area (TPSA) is 58.6 Å². The van der Waals surface area contributed by atoms with Gasteiger partial charge < -0.3 is 15.0 Å². The number of alkyl halides is 2. The average molecular weight is 264 g/mol. The fourth-order valence-corrected chi connectivity index (χ4v) is 2.33. The van der Waals surface area contributed by atoms with Crippen molar-refractivity contribution in [1.29, 1.82) is 0 Å². The third kappa shape index (κ3) is 2.45. The van der Waals surface area contributed by atoms with Crippen molar-refractivity contribution in [2.24, 2.45) is 0 Å². The SMILES string of the molecule is CNC(=O)C1(COC)CCCN1C(=O)C(C)(F)F. The largest absolute Gasteiger partial charge is 0.382 e. The first kappa shape index (κ1) is 14.8. The van der Waals surface area contributed by atoms with E-state index < -0.39 is 23.3 Å². The van der Waals surface area contributed by atoms with Crippen molar-refractivity contribution in [2.75, 3.05) is 27.3 Å². The summed E-state index contributed by atoms with van der Waals surface area (Å²) >= 11 is 0. The average Bonchev–Trinajstić information content (AvgIpc) is 2.71. The van der Waals surface area contributed by atoms with E-state index >= 15 is 0 Å². The van der Waals surface area contributed by atoms with Gasteiger partial charge in [0.2, 0.25) is 5.91 Å². The van der Waals surface area contributed by atoms with Gasteiger partial charge in [0.05, 0.1) is 6.61 Å². The van der Waals surface area contributed by atoms with Gasteiger partial charge in [-0.15, -0.1) is 0 Å². The van der Waals surface area contributed by atoms with Gasteiger partial charge >= 0.3 is 5.92 Å². The Balaban J connectivity index is 3.09. The number of hydrogen-bond acceptors (Lipinski definition) is 3. The zero-order chi connectivity index (χ0) is 14.0. The smallest absolute Gasteiger partial charge is 0.322 e. The summed E-state index contributed by atoms with van der Waals surface area (Å²) < 4.78 is 31.3. The molecule has 104 valence electrons. The van der Waals surface area contributed by atoms with Crippen LogP contribution in [0.4, 0.5) is 8.78 Å². The Labute approximate surface area is 104 Å². The molecule has 1 aliphatic rings. The normalized spacial score (nSPS) is 24.2. The van der Waals surface area contributed by atoms with E-state index in [1.54, 1.807) is 0 Å². The standard InChI is InChI=1S/C11H18F2N2O3/c1-10(12,13)9(17)15-6-4-5-11(15,7-18-3)8(16)14-2/h4-7H2,1-3H3,(H,14,16). The highest BCUT2D eigenvalue weighted by Gasteiger charge is 2.53. The minimum atomic E-state index is -3.49. The van der Waals surface area contributed by atoms with E-state index in [4.69, 9.17) is 4.74 Å². The van der Waals surface area contributed by atoms with Crippen LogP contribution in [0.2, 0.25) is 0 Å². The number of carbonyl (C=O) groups is 2. The summed E-state index contributed by atoms with van der Waals surface area (Å²) in [6.07, 6.45) is 0.820. The first-order valence-corrected chi connectivity index (χ1v) is 5.70. The molecule has 5 nitrogen and oxygen atoms in total. The van der Waals surface area contributed by atoms with Gasteiger partial charge in [0, 0.05) is 27.6 Å². The van der Waals surface area contributed by atoms with Gasteiger partial charge in [0.25, 0.3) is 5.91 Å². The van der Waals surface area contributed by atoms with Gasteiger partial charge in [-0.1, -0.05) is 0 Å². The molecule has 7 heteroatoms. The van der Waals surface area contributed by atoms with Crippen molar-refractivity contribution < 1.29 is 23.1 Å². The molecule has 0 aromatic rings. The lowest BCUT2D eigenvalue weighted by atomic mass is 9.95. The summed E-state index contributed by atoms with van der Waals surface area (Å²) in [5, 5.41) is 2.41.